The Morgan fingerprint density at radius 3 is 3.11 bits per heavy atom. The van der Waals surface area contributed by atoms with Gasteiger partial charge in [-0.2, -0.15) is 5.10 Å². The number of nitrogens with one attached hydrogen (secondary N) is 1. The number of hydrogen-bond donors (Lipinski definition) is 3. The van der Waals surface area contributed by atoms with Crippen LogP contribution in [0.4, 0.5) is 0 Å². The molecule has 0 aromatic carbocycles. The summed E-state index contributed by atoms with van der Waals surface area (Å²) in [7, 11) is 1.76. The molecule has 0 aliphatic carbocycles. The van der Waals surface area contributed by atoms with Crippen molar-refractivity contribution in [2.24, 2.45) is 12.8 Å². The molecule has 4 N–H and O–H groups in total. The fourth-order valence-electron chi connectivity index (χ4n) is 2.11. The van der Waals surface area contributed by atoms with Crippen molar-refractivity contribution in [2.75, 3.05) is 13.2 Å². The summed E-state index contributed by atoms with van der Waals surface area (Å²) in [6.45, 7) is 2.43. The molecule has 1 aliphatic heterocycles. The molecule has 2 rings (SSSR count). The molecule has 1 saturated heterocycles. The number of aliphatic hydroxyl groups is 1. The molecule has 3 atom stereocenters. The number of nitrogens with zero attached hydrogens (tertiary/aromatic N) is 2. The summed E-state index contributed by atoms with van der Waals surface area (Å²) < 4.78 is 6.89. The van der Waals surface area contributed by atoms with Crippen LogP contribution >= 0.6 is 0 Å². The van der Waals surface area contributed by atoms with E-state index >= 15 is 0 Å². The predicted molar refractivity (Wildman–Crippen MR) is 68.1 cm³/mol. The Kier molecular flexibility index (Phi) is 3.88. The van der Waals surface area contributed by atoms with Crippen LogP contribution in [-0.2, 0) is 16.6 Å². The van der Waals surface area contributed by atoms with Gasteiger partial charge in [0.1, 0.15) is 11.6 Å². The average molecular weight is 268 g/mol. The molecule has 7 nitrogen and oxygen atoms in total. The first-order valence-corrected chi connectivity index (χ1v) is 6.28. The lowest BCUT2D eigenvalue weighted by Crippen LogP contribution is -2.49. The minimum Gasteiger partial charge on any atom is -0.385 e. The van der Waals surface area contributed by atoms with Crippen LogP contribution in [0.3, 0.4) is 0 Å². The Labute approximate surface area is 111 Å². The molecule has 19 heavy (non-hydrogen) atoms. The molecule has 0 radical (unpaired) electrons. The number of hydrogen-bond acceptors (Lipinski definition) is 5. The molecular formula is C12H20N4O3. The lowest BCUT2D eigenvalue weighted by molar-refractivity contribution is -0.124. The molecule has 0 bridgehead atoms. The highest BCUT2D eigenvalue weighted by Gasteiger charge is 2.40. The van der Waals surface area contributed by atoms with Crippen LogP contribution in [0, 0.1) is 0 Å². The van der Waals surface area contributed by atoms with Crippen molar-refractivity contribution in [1.82, 2.24) is 15.1 Å². The highest BCUT2D eigenvalue weighted by Crippen LogP contribution is 2.24. The van der Waals surface area contributed by atoms with Crippen LogP contribution in [0.15, 0.2) is 12.4 Å². The van der Waals surface area contributed by atoms with Crippen molar-refractivity contribution in [2.45, 2.75) is 31.1 Å². The molecule has 1 amide bonds. The van der Waals surface area contributed by atoms with Crippen molar-refractivity contribution in [1.29, 1.82) is 0 Å². The van der Waals surface area contributed by atoms with Crippen molar-refractivity contribution >= 4 is 5.91 Å². The number of aryl methyl sites for hydroxylation is 1. The second-order valence-corrected chi connectivity index (χ2v) is 5.01. The third-order valence-electron chi connectivity index (χ3n) is 3.59. The maximum absolute atomic E-state index is 11.9. The van der Waals surface area contributed by atoms with Crippen molar-refractivity contribution < 1.29 is 14.6 Å². The normalized spacial score (nSPS) is 28.3. The summed E-state index contributed by atoms with van der Waals surface area (Å²) in [5, 5.41) is 16.9. The molecular weight excluding hydrogens is 248 g/mol. The fourth-order valence-corrected chi connectivity index (χ4v) is 2.11. The zero-order valence-electron chi connectivity index (χ0n) is 11.2. The van der Waals surface area contributed by atoms with Gasteiger partial charge in [0.15, 0.2) is 0 Å². The van der Waals surface area contributed by atoms with Crippen LogP contribution in [0.1, 0.15) is 24.9 Å². The van der Waals surface area contributed by atoms with Crippen LogP contribution < -0.4 is 11.1 Å². The van der Waals surface area contributed by atoms with Gasteiger partial charge in [0.25, 0.3) is 0 Å². The van der Waals surface area contributed by atoms with Crippen molar-refractivity contribution in [3.05, 3.63) is 18.0 Å². The Hall–Kier alpha value is -1.44. The van der Waals surface area contributed by atoms with E-state index in [9.17, 15) is 9.90 Å². The molecule has 1 fully saturated rings. The fraction of sp³-hybridized carbons (Fsp3) is 0.667. The SMILES string of the molecule is CC1OCCC1(O)CNC(=O)C(N)c1cnn(C)c1. The van der Waals surface area contributed by atoms with Crippen molar-refractivity contribution in [3.8, 4) is 0 Å². The first-order valence-electron chi connectivity index (χ1n) is 6.28. The first kappa shape index (κ1) is 14.0. The lowest BCUT2D eigenvalue weighted by Gasteiger charge is -2.26. The van der Waals surface area contributed by atoms with E-state index in [4.69, 9.17) is 10.5 Å². The number of carbonyl (C=O) groups is 1. The third-order valence-corrected chi connectivity index (χ3v) is 3.59. The molecule has 3 unspecified atom stereocenters. The predicted octanol–water partition coefficient (Wildman–Crippen LogP) is -0.924. The third kappa shape index (κ3) is 2.94. The minimum atomic E-state index is -1.01. The zero-order valence-corrected chi connectivity index (χ0v) is 11.2. The van der Waals surface area contributed by atoms with E-state index in [1.165, 1.54) is 0 Å². The van der Waals surface area contributed by atoms with E-state index in [0.717, 1.165) is 0 Å². The number of ether oxygens (including phenoxy) is 1. The van der Waals surface area contributed by atoms with E-state index in [0.29, 0.717) is 18.6 Å². The molecule has 0 saturated carbocycles. The second kappa shape index (κ2) is 5.28. The Bertz CT molecular complexity index is 462. The van der Waals surface area contributed by atoms with E-state index in [-0.39, 0.29) is 18.6 Å². The molecule has 1 aromatic rings. The summed E-state index contributed by atoms with van der Waals surface area (Å²) in [5.41, 5.74) is 5.47. The summed E-state index contributed by atoms with van der Waals surface area (Å²) >= 11 is 0. The maximum atomic E-state index is 11.9. The highest BCUT2D eigenvalue weighted by molar-refractivity contribution is 5.82. The molecule has 7 heteroatoms. The second-order valence-electron chi connectivity index (χ2n) is 5.01. The number of carbonyl (C=O) groups excluding carboxylic acids is 1. The quantitative estimate of drug-likeness (QED) is 0.655. The van der Waals surface area contributed by atoms with E-state index in [1.54, 1.807) is 31.0 Å². The Balaban J connectivity index is 1.91. The highest BCUT2D eigenvalue weighted by atomic mass is 16.5. The average Bonchev–Trinajstić information content (AvgIpc) is 2.94. The largest absolute Gasteiger partial charge is 0.385 e. The van der Waals surface area contributed by atoms with E-state index in [2.05, 4.69) is 10.4 Å². The molecule has 106 valence electrons. The van der Waals surface area contributed by atoms with Gasteiger partial charge in [-0.1, -0.05) is 0 Å². The van der Waals surface area contributed by atoms with Gasteiger partial charge >= 0.3 is 0 Å². The van der Waals surface area contributed by atoms with Gasteiger partial charge < -0.3 is 20.9 Å². The zero-order chi connectivity index (χ0) is 14.0. The maximum Gasteiger partial charge on any atom is 0.241 e. The first-order chi connectivity index (χ1) is 8.92. The van der Waals surface area contributed by atoms with Crippen molar-refractivity contribution in [3.63, 3.8) is 0 Å². The number of rotatable bonds is 4. The monoisotopic (exact) mass is 268 g/mol. The van der Waals surface area contributed by atoms with E-state index < -0.39 is 11.6 Å². The molecule has 1 aromatic heterocycles. The summed E-state index contributed by atoms with van der Waals surface area (Å²) in [4.78, 5) is 11.9. The summed E-state index contributed by atoms with van der Waals surface area (Å²) in [6.07, 6.45) is 3.47. The molecule has 0 spiro atoms. The minimum absolute atomic E-state index is 0.140. The van der Waals surface area contributed by atoms with Crippen LogP contribution in [0.25, 0.3) is 0 Å². The van der Waals surface area contributed by atoms with Gasteiger partial charge in [-0.15, -0.1) is 0 Å². The van der Waals surface area contributed by atoms with E-state index in [1.807, 2.05) is 0 Å². The van der Waals surface area contributed by atoms with Gasteiger partial charge in [-0.25, -0.2) is 0 Å². The Morgan fingerprint density at radius 2 is 2.58 bits per heavy atom. The molecule has 1 aliphatic rings. The number of amides is 1. The summed E-state index contributed by atoms with van der Waals surface area (Å²) in [6, 6.07) is -0.782. The van der Waals surface area contributed by atoms with Crippen LogP contribution in [-0.4, -0.2) is 45.7 Å². The van der Waals surface area contributed by atoms with Gasteiger partial charge in [0.2, 0.25) is 5.91 Å². The van der Waals surface area contributed by atoms with Crippen LogP contribution in [0.5, 0.6) is 0 Å². The topological polar surface area (TPSA) is 102 Å². The van der Waals surface area contributed by atoms with Crippen LogP contribution in [0.2, 0.25) is 0 Å². The summed E-state index contributed by atoms with van der Waals surface area (Å²) in [5.74, 6) is -0.333. The lowest BCUT2D eigenvalue weighted by atomic mass is 9.96. The number of aromatic nitrogens is 2. The van der Waals surface area contributed by atoms with Gasteiger partial charge in [0.05, 0.1) is 12.3 Å². The smallest absolute Gasteiger partial charge is 0.241 e. The van der Waals surface area contributed by atoms with Gasteiger partial charge in [-0.3, -0.25) is 9.48 Å². The molecule has 2 heterocycles. The van der Waals surface area contributed by atoms with Gasteiger partial charge in [0, 0.05) is 38.4 Å². The Morgan fingerprint density at radius 1 is 1.84 bits per heavy atom. The number of nitrogens with two attached hydrogens (primary N) is 1. The van der Waals surface area contributed by atoms with Gasteiger partial charge in [-0.05, 0) is 6.92 Å². The standard InChI is InChI=1S/C12H20N4O3/c1-8-12(18,3-4-19-8)7-14-11(17)10(13)9-5-15-16(2)6-9/h5-6,8,10,18H,3-4,7,13H2,1-2H3,(H,14,17).